The average molecular weight is 365 g/mol. The van der Waals surface area contributed by atoms with Gasteiger partial charge in [-0.2, -0.15) is 13.2 Å². The van der Waals surface area contributed by atoms with E-state index in [1.165, 1.54) is 6.07 Å². The zero-order chi connectivity index (χ0) is 18.9. The molecule has 0 spiro atoms. The minimum atomic E-state index is -4.36. The van der Waals surface area contributed by atoms with Gasteiger partial charge in [0.05, 0.1) is 5.56 Å². The van der Waals surface area contributed by atoms with Gasteiger partial charge in [-0.25, -0.2) is 15.0 Å². The van der Waals surface area contributed by atoms with E-state index in [9.17, 15) is 13.2 Å². The molecule has 140 valence electrons. The third-order valence-corrected chi connectivity index (χ3v) is 4.38. The van der Waals surface area contributed by atoms with Gasteiger partial charge >= 0.3 is 6.18 Å². The molecule has 26 heavy (non-hydrogen) atoms. The lowest BCUT2D eigenvalue weighted by Gasteiger charge is -2.36. The fourth-order valence-electron chi connectivity index (χ4n) is 2.90. The van der Waals surface area contributed by atoms with Crippen LogP contribution in [0.1, 0.15) is 36.8 Å². The molecule has 0 atom stereocenters. The Morgan fingerprint density at radius 2 is 1.58 bits per heavy atom. The Morgan fingerprint density at radius 3 is 2.08 bits per heavy atom. The number of rotatable bonds is 3. The first-order chi connectivity index (χ1) is 12.2. The summed E-state index contributed by atoms with van der Waals surface area (Å²) in [6.45, 7) is 8.91. The predicted molar refractivity (Wildman–Crippen MR) is 94.5 cm³/mol. The maximum atomic E-state index is 12.7. The van der Waals surface area contributed by atoms with Crippen molar-refractivity contribution in [2.24, 2.45) is 0 Å². The highest BCUT2D eigenvalue weighted by Crippen LogP contribution is 2.29. The summed E-state index contributed by atoms with van der Waals surface area (Å²) in [5.41, 5.74) is 0.211. The summed E-state index contributed by atoms with van der Waals surface area (Å²) in [4.78, 5) is 17.3. The Morgan fingerprint density at radius 1 is 0.962 bits per heavy atom. The minimum Gasteiger partial charge on any atom is -0.353 e. The molecule has 0 radical (unpaired) electrons. The number of halogens is 3. The second kappa shape index (κ2) is 7.09. The second-order valence-corrected chi connectivity index (χ2v) is 6.76. The van der Waals surface area contributed by atoms with E-state index < -0.39 is 11.7 Å². The maximum absolute atomic E-state index is 12.7. The van der Waals surface area contributed by atoms with E-state index in [1.54, 1.807) is 0 Å². The number of alkyl halides is 3. The zero-order valence-electron chi connectivity index (χ0n) is 15.1. The van der Waals surface area contributed by atoms with Crippen molar-refractivity contribution in [3.05, 3.63) is 41.5 Å². The summed E-state index contributed by atoms with van der Waals surface area (Å²) in [5, 5.41) is 0. The van der Waals surface area contributed by atoms with E-state index in [0.29, 0.717) is 18.9 Å². The summed E-state index contributed by atoms with van der Waals surface area (Å²) in [7, 11) is 0. The highest BCUT2D eigenvalue weighted by atomic mass is 19.4. The molecule has 0 aliphatic carbocycles. The van der Waals surface area contributed by atoms with Gasteiger partial charge in [-0.15, -0.1) is 0 Å². The third-order valence-electron chi connectivity index (χ3n) is 4.38. The largest absolute Gasteiger partial charge is 0.417 e. The molecule has 2 aromatic heterocycles. The third kappa shape index (κ3) is 4.05. The molecule has 0 unspecified atom stereocenters. The number of anilines is 2. The van der Waals surface area contributed by atoms with E-state index in [2.05, 4.69) is 33.7 Å². The lowest BCUT2D eigenvalue weighted by atomic mass is 10.2. The molecule has 3 heterocycles. The monoisotopic (exact) mass is 365 g/mol. The topological polar surface area (TPSA) is 45.2 Å². The number of nitrogens with zero attached hydrogens (tertiary/aromatic N) is 5. The van der Waals surface area contributed by atoms with Crippen LogP contribution in [0.5, 0.6) is 0 Å². The highest BCUT2D eigenvalue weighted by molar-refractivity contribution is 5.46. The molecule has 1 fully saturated rings. The van der Waals surface area contributed by atoms with Gasteiger partial charge in [0.15, 0.2) is 0 Å². The summed E-state index contributed by atoms with van der Waals surface area (Å²) in [6.07, 6.45) is -3.46. The van der Waals surface area contributed by atoms with Gasteiger partial charge in [-0.05, 0) is 19.1 Å². The molecule has 0 N–H and O–H groups in total. The molecule has 1 saturated heterocycles. The lowest BCUT2D eigenvalue weighted by molar-refractivity contribution is -0.137. The van der Waals surface area contributed by atoms with Crippen LogP contribution in [-0.4, -0.2) is 41.1 Å². The van der Waals surface area contributed by atoms with E-state index in [4.69, 9.17) is 0 Å². The van der Waals surface area contributed by atoms with Gasteiger partial charge in [-0.3, -0.25) is 0 Å². The van der Waals surface area contributed by atoms with Crippen LogP contribution in [0.3, 0.4) is 0 Å². The van der Waals surface area contributed by atoms with Gasteiger partial charge in [0, 0.05) is 50.1 Å². The summed E-state index contributed by atoms with van der Waals surface area (Å²) in [5.74, 6) is 2.55. The fourth-order valence-corrected chi connectivity index (χ4v) is 2.90. The van der Waals surface area contributed by atoms with E-state index >= 15 is 0 Å². The van der Waals surface area contributed by atoms with Gasteiger partial charge in [0.2, 0.25) is 0 Å². The van der Waals surface area contributed by atoms with Gasteiger partial charge in [0.25, 0.3) is 0 Å². The highest BCUT2D eigenvalue weighted by Gasteiger charge is 2.31. The summed E-state index contributed by atoms with van der Waals surface area (Å²) < 4.78 is 38.0. The smallest absolute Gasteiger partial charge is 0.353 e. The molecule has 3 rings (SSSR count). The molecular weight excluding hydrogens is 343 g/mol. The van der Waals surface area contributed by atoms with Crippen LogP contribution in [0, 0.1) is 6.92 Å². The molecular formula is C18H22F3N5. The molecule has 2 aromatic rings. The van der Waals surface area contributed by atoms with Crippen LogP contribution in [0.2, 0.25) is 0 Å². The zero-order valence-corrected chi connectivity index (χ0v) is 15.1. The number of hydrogen-bond acceptors (Lipinski definition) is 5. The van der Waals surface area contributed by atoms with Gasteiger partial charge in [0.1, 0.15) is 17.5 Å². The Labute approximate surface area is 150 Å². The van der Waals surface area contributed by atoms with E-state index in [-0.39, 0.29) is 5.92 Å². The molecule has 0 aromatic carbocycles. The first-order valence-corrected chi connectivity index (χ1v) is 8.63. The normalized spacial score (nSPS) is 15.7. The number of aromatic nitrogens is 3. The standard InChI is InChI=1S/C18H22F3N5/c1-12(2)17-23-13(3)10-16(24-17)26-8-6-25(7-9-26)15-5-4-14(11-22-15)18(19,20)21/h4-5,10-12H,6-9H2,1-3H3. The van der Waals surface area contributed by atoms with Crippen LogP contribution in [0.4, 0.5) is 24.8 Å². The summed E-state index contributed by atoms with van der Waals surface area (Å²) >= 11 is 0. The molecule has 0 amide bonds. The van der Waals surface area contributed by atoms with Crippen molar-refractivity contribution >= 4 is 11.6 Å². The van der Waals surface area contributed by atoms with Crippen molar-refractivity contribution in [2.45, 2.75) is 32.9 Å². The minimum absolute atomic E-state index is 0.256. The Balaban J connectivity index is 1.68. The van der Waals surface area contributed by atoms with Crippen molar-refractivity contribution in [3.63, 3.8) is 0 Å². The van der Waals surface area contributed by atoms with Gasteiger partial charge in [-0.1, -0.05) is 13.8 Å². The van der Waals surface area contributed by atoms with Crippen LogP contribution >= 0.6 is 0 Å². The maximum Gasteiger partial charge on any atom is 0.417 e. The molecule has 8 heteroatoms. The van der Waals surface area contributed by atoms with Gasteiger partial charge < -0.3 is 9.80 Å². The Kier molecular flexibility index (Phi) is 5.02. The van der Waals surface area contributed by atoms with Crippen LogP contribution in [-0.2, 0) is 6.18 Å². The van der Waals surface area contributed by atoms with E-state index in [0.717, 1.165) is 42.7 Å². The molecule has 5 nitrogen and oxygen atoms in total. The van der Waals surface area contributed by atoms with E-state index in [1.807, 2.05) is 17.9 Å². The SMILES string of the molecule is Cc1cc(N2CCN(c3ccc(C(F)(F)F)cn3)CC2)nc(C(C)C)n1. The first kappa shape index (κ1) is 18.4. The number of aryl methyl sites for hydroxylation is 1. The second-order valence-electron chi connectivity index (χ2n) is 6.76. The Bertz CT molecular complexity index is 750. The quantitative estimate of drug-likeness (QED) is 0.831. The van der Waals surface area contributed by atoms with Crippen molar-refractivity contribution in [2.75, 3.05) is 36.0 Å². The molecule has 0 bridgehead atoms. The molecule has 1 aliphatic rings. The predicted octanol–water partition coefficient (Wildman–Crippen LogP) is 3.65. The number of piperazine rings is 1. The lowest BCUT2D eigenvalue weighted by Crippen LogP contribution is -2.47. The molecule has 1 aliphatic heterocycles. The van der Waals surface area contributed by atoms with Crippen LogP contribution in [0.15, 0.2) is 24.4 Å². The van der Waals surface area contributed by atoms with Crippen LogP contribution in [0.25, 0.3) is 0 Å². The number of pyridine rings is 1. The first-order valence-electron chi connectivity index (χ1n) is 8.63. The fraction of sp³-hybridized carbons (Fsp3) is 0.500. The van der Waals surface area contributed by atoms with Crippen molar-refractivity contribution in [1.29, 1.82) is 0 Å². The average Bonchev–Trinajstić information content (AvgIpc) is 2.61. The van der Waals surface area contributed by atoms with Crippen molar-refractivity contribution in [3.8, 4) is 0 Å². The van der Waals surface area contributed by atoms with Crippen molar-refractivity contribution < 1.29 is 13.2 Å². The Hall–Kier alpha value is -2.38. The van der Waals surface area contributed by atoms with Crippen LogP contribution < -0.4 is 9.80 Å². The number of hydrogen-bond donors (Lipinski definition) is 0. The summed E-state index contributed by atoms with van der Waals surface area (Å²) in [6, 6.07) is 4.49. The van der Waals surface area contributed by atoms with Crippen molar-refractivity contribution in [1.82, 2.24) is 15.0 Å². The molecule has 0 saturated carbocycles.